The molecule has 0 amide bonds. The highest BCUT2D eigenvalue weighted by molar-refractivity contribution is 4.55. The number of hydrogen-bond donors (Lipinski definition) is 0. The van der Waals surface area contributed by atoms with Crippen LogP contribution in [-0.4, -0.2) is 237 Å². The fourth-order valence-corrected chi connectivity index (χ4v) is 5.34. The zero-order chi connectivity index (χ0) is 42.9. The molecule has 2 fully saturated rings. The van der Waals surface area contributed by atoms with Crippen LogP contribution in [-0.2, 0) is 90.0 Å². The maximum Gasteiger partial charge on any atom is 0.157 e. The van der Waals surface area contributed by atoms with Gasteiger partial charge in [0.25, 0.3) is 0 Å². The van der Waals surface area contributed by atoms with Crippen LogP contribution < -0.4 is 0 Å². The van der Waals surface area contributed by atoms with E-state index in [4.69, 9.17) is 90.0 Å². The van der Waals surface area contributed by atoms with Crippen molar-refractivity contribution in [2.24, 2.45) is 0 Å². The minimum atomic E-state index is -0.0706. The Balaban J connectivity index is 1.09. The Morgan fingerprint density at radius 3 is 0.525 bits per heavy atom. The molecule has 0 saturated carbocycles. The first-order valence-corrected chi connectivity index (χ1v) is 22.6. The van der Waals surface area contributed by atoms with Crippen LogP contribution in [0.1, 0.15) is 38.5 Å². The predicted molar refractivity (Wildman–Crippen MR) is 221 cm³/mol. The van der Waals surface area contributed by atoms with Crippen LogP contribution in [0.3, 0.4) is 0 Å². The third-order valence-corrected chi connectivity index (χ3v) is 8.55. The van der Waals surface area contributed by atoms with Crippen molar-refractivity contribution in [2.45, 2.75) is 51.1 Å². The molecule has 0 spiro atoms. The van der Waals surface area contributed by atoms with Gasteiger partial charge in [-0.1, -0.05) is 0 Å². The smallest absolute Gasteiger partial charge is 0.157 e. The quantitative estimate of drug-likeness (QED) is 0.0814. The van der Waals surface area contributed by atoms with E-state index in [1.807, 2.05) is 0 Å². The monoisotopic (exact) mass is 891 g/mol. The van der Waals surface area contributed by atoms with E-state index < -0.39 is 0 Å². The minimum absolute atomic E-state index is 0.0706. The van der Waals surface area contributed by atoms with Crippen molar-refractivity contribution in [1.29, 1.82) is 0 Å². The second-order valence-electron chi connectivity index (χ2n) is 13.5. The summed E-state index contributed by atoms with van der Waals surface area (Å²) < 4.78 is 105. The Bertz CT molecular complexity index is 761. The van der Waals surface area contributed by atoms with E-state index in [9.17, 15) is 0 Å². The number of ether oxygens (including phenoxy) is 19. The highest BCUT2D eigenvalue weighted by Crippen LogP contribution is 2.14. The lowest BCUT2D eigenvalue weighted by Crippen LogP contribution is -2.24. The first-order chi connectivity index (χ1) is 30.4. The average Bonchev–Trinajstić information content (AvgIpc) is 3.29. The lowest BCUT2D eigenvalue weighted by Gasteiger charge is -2.22. The predicted octanol–water partition coefficient (Wildman–Crippen LogP) is 2.32. The summed E-state index contributed by atoms with van der Waals surface area (Å²) in [6, 6.07) is 0. The van der Waals surface area contributed by atoms with Gasteiger partial charge in [0.15, 0.2) is 12.6 Å². The van der Waals surface area contributed by atoms with Gasteiger partial charge in [-0.2, -0.15) is 0 Å². The second-order valence-corrected chi connectivity index (χ2v) is 13.5. The molecular weight excluding hydrogens is 808 g/mol. The van der Waals surface area contributed by atoms with Crippen LogP contribution in [0.2, 0.25) is 0 Å². The lowest BCUT2D eigenvalue weighted by molar-refractivity contribution is -0.169. The summed E-state index contributed by atoms with van der Waals surface area (Å²) in [4.78, 5) is 0. The van der Waals surface area contributed by atoms with Gasteiger partial charge in [-0.3, -0.25) is 0 Å². The first kappa shape index (κ1) is 56.4. The minimum Gasteiger partial charge on any atom is -0.377 e. The molecule has 0 aromatic heterocycles. The van der Waals surface area contributed by atoms with Gasteiger partial charge < -0.3 is 90.0 Å². The molecular formula is C42H82O19. The van der Waals surface area contributed by atoms with Gasteiger partial charge in [0.2, 0.25) is 0 Å². The maximum absolute atomic E-state index is 5.62. The SMILES string of the molecule is C1CC[C@H](OCCOCCOCCOCCOCCOCCOCCOCCOCCOCCOCCOCCOCCOCCOCCOCCO[C@H]2CCCCO2)OC1. The lowest BCUT2D eigenvalue weighted by atomic mass is 10.2. The molecule has 0 aliphatic carbocycles. The van der Waals surface area contributed by atoms with Gasteiger partial charge in [-0.05, 0) is 38.5 Å². The zero-order valence-electron chi connectivity index (χ0n) is 37.2. The van der Waals surface area contributed by atoms with Crippen LogP contribution >= 0.6 is 0 Å². The summed E-state index contributed by atoms with van der Waals surface area (Å²) in [7, 11) is 0. The molecule has 19 nitrogen and oxygen atoms in total. The van der Waals surface area contributed by atoms with Crippen molar-refractivity contribution in [3.63, 3.8) is 0 Å². The molecule has 0 unspecified atom stereocenters. The van der Waals surface area contributed by atoms with E-state index in [-0.39, 0.29) is 12.6 Å². The molecule has 2 heterocycles. The average molecular weight is 891 g/mol. The molecule has 2 aliphatic rings. The van der Waals surface area contributed by atoms with Crippen LogP contribution in [0.25, 0.3) is 0 Å². The summed E-state index contributed by atoms with van der Waals surface area (Å²) in [5, 5.41) is 0. The van der Waals surface area contributed by atoms with Crippen molar-refractivity contribution >= 4 is 0 Å². The Morgan fingerprint density at radius 2 is 0.377 bits per heavy atom. The third-order valence-electron chi connectivity index (χ3n) is 8.55. The molecule has 2 rings (SSSR count). The number of rotatable bonds is 50. The molecule has 0 N–H and O–H groups in total. The summed E-state index contributed by atoms with van der Waals surface area (Å²) >= 11 is 0. The van der Waals surface area contributed by atoms with Crippen molar-refractivity contribution in [3.05, 3.63) is 0 Å². The fourth-order valence-electron chi connectivity index (χ4n) is 5.34. The van der Waals surface area contributed by atoms with Gasteiger partial charge in [-0.15, -0.1) is 0 Å². The Labute approximate surface area is 365 Å². The van der Waals surface area contributed by atoms with Crippen molar-refractivity contribution in [3.8, 4) is 0 Å². The second kappa shape index (κ2) is 48.7. The molecule has 2 aliphatic heterocycles. The van der Waals surface area contributed by atoms with Crippen LogP contribution in [0.4, 0.5) is 0 Å². The van der Waals surface area contributed by atoms with Crippen LogP contribution in [0.5, 0.6) is 0 Å². The molecule has 364 valence electrons. The van der Waals surface area contributed by atoms with E-state index in [1.165, 1.54) is 0 Å². The van der Waals surface area contributed by atoms with Crippen molar-refractivity contribution in [1.82, 2.24) is 0 Å². The van der Waals surface area contributed by atoms with Gasteiger partial charge in [0, 0.05) is 13.2 Å². The molecule has 2 saturated heterocycles. The van der Waals surface area contributed by atoms with Crippen molar-refractivity contribution in [2.75, 3.05) is 225 Å². The highest BCUT2D eigenvalue weighted by Gasteiger charge is 2.14. The van der Waals surface area contributed by atoms with Gasteiger partial charge >= 0.3 is 0 Å². The van der Waals surface area contributed by atoms with Crippen LogP contribution in [0.15, 0.2) is 0 Å². The highest BCUT2D eigenvalue weighted by atomic mass is 16.7. The number of hydrogen-bond acceptors (Lipinski definition) is 19. The Morgan fingerprint density at radius 1 is 0.213 bits per heavy atom. The molecule has 0 bridgehead atoms. The topological polar surface area (TPSA) is 175 Å². The van der Waals surface area contributed by atoms with E-state index in [1.54, 1.807) is 0 Å². The molecule has 0 aromatic rings. The van der Waals surface area contributed by atoms with Gasteiger partial charge in [0.05, 0.1) is 211 Å². The zero-order valence-corrected chi connectivity index (χ0v) is 37.2. The van der Waals surface area contributed by atoms with Gasteiger partial charge in [-0.25, -0.2) is 0 Å². The maximum atomic E-state index is 5.62. The molecule has 19 heteroatoms. The summed E-state index contributed by atoms with van der Waals surface area (Å²) in [5.74, 6) is 0. The summed E-state index contributed by atoms with van der Waals surface area (Å²) in [6.45, 7) is 18.0. The van der Waals surface area contributed by atoms with E-state index in [0.29, 0.717) is 211 Å². The standard InChI is InChI=1S/C42H82O19/c1-3-7-58-41(5-1)60-39-37-56-35-33-54-31-29-52-27-25-50-23-21-48-19-17-46-15-13-44-11-9-43-10-12-45-14-16-47-18-20-49-22-24-51-26-28-53-30-32-55-34-36-57-38-40-61-42-6-2-4-8-59-42/h41-42H,1-40H2/t41-,42-/m0/s1. The normalized spacial score (nSPS) is 17.1. The van der Waals surface area contributed by atoms with Crippen molar-refractivity contribution < 1.29 is 90.0 Å². The largest absolute Gasteiger partial charge is 0.377 e. The third kappa shape index (κ3) is 42.9. The van der Waals surface area contributed by atoms with E-state index >= 15 is 0 Å². The first-order valence-electron chi connectivity index (χ1n) is 22.6. The Hall–Kier alpha value is -0.760. The fraction of sp³-hybridized carbons (Fsp3) is 1.00. The van der Waals surface area contributed by atoms with Crippen LogP contribution in [0, 0.1) is 0 Å². The molecule has 2 atom stereocenters. The molecule has 0 aromatic carbocycles. The summed E-state index contributed by atoms with van der Waals surface area (Å²) in [5.41, 5.74) is 0. The summed E-state index contributed by atoms with van der Waals surface area (Å²) in [6.07, 6.45) is 6.35. The molecule has 0 radical (unpaired) electrons. The Kier molecular flexibility index (Phi) is 45.0. The van der Waals surface area contributed by atoms with E-state index in [2.05, 4.69) is 0 Å². The van der Waals surface area contributed by atoms with Gasteiger partial charge in [0.1, 0.15) is 0 Å². The molecule has 61 heavy (non-hydrogen) atoms. The van der Waals surface area contributed by atoms with E-state index in [0.717, 1.165) is 51.7 Å².